The minimum atomic E-state index is -0.150. The zero-order valence-electron chi connectivity index (χ0n) is 11.9. The molecule has 1 fully saturated rings. The second kappa shape index (κ2) is 6.87. The van der Waals surface area contributed by atoms with E-state index in [2.05, 4.69) is 22.2 Å². The summed E-state index contributed by atoms with van der Waals surface area (Å²) < 4.78 is 13.4. The first kappa shape index (κ1) is 14.3. The molecule has 0 aromatic heterocycles. The second-order valence-electron chi connectivity index (χ2n) is 5.34. The number of hydrogen-bond donors (Lipinski definition) is 1. The average molecular weight is 265 g/mol. The smallest absolute Gasteiger partial charge is 0.125 e. The third kappa shape index (κ3) is 3.91. The van der Waals surface area contributed by atoms with Crippen LogP contribution >= 0.6 is 0 Å². The van der Waals surface area contributed by atoms with Gasteiger partial charge in [0.2, 0.25) is 0 Å². The largest absolute Gasteiger partial charge is 0.367 e. The SMILES string of the molecule is CNCCC1CN(C)CCCN1c1cccc(F)c1. The first-order valence-corrected chi connectivity index (χ1v) is 7.06. The Balaban J connectivity index is 2.17. The molecule has 1 unspecified atom stereocenters. The van der Waals surface area contributed by atoms with Gasteiger partial charge in [-0.25, -0.2) is 4.39 Å². The Labute approximate surface area is 115 Å². The minimum absolute atomic E-state index is 0.150. The Morgan fingerprint density at radius 1 is 1.37 bits per heavy atom. The molecule has 4 heteroatoms. The summed E-state index contributed by atoms with van der Waals surface area (Å²) in [7, 11) is 4.15. The summed E-state index contributed by atoms with van der Waals surface area (Å²) in [6, 6.07) is 7.42. The number of nitrogens with zero attached hydrogens (tertiary/aromatic N) is 2. The summed E-state index contributed by atoms with van der Waals surface area (Å²) in [6.45, 7) is 4.15. The highest BCUT2D eigenvalue weighted by Gasteiger charge is 2.23. The van der Waals surface area contributed by atoms with Crippen molar-refractivity contribution in [3.63, 3.8) is 0 Å². The maximum absolute atomic E-state index is 13.4. The number of rotatable bonds is 4. The summed E-state index contributed by atoms with van der Waals surface area (Å²) in [4.78, 5) is 4.74. The van der Waals surface area contributed by atoms with Gasteiger partial charge in [-0.1, -0.05) is 6.07 Å². The monoisotopic (exact) mass is 265 g/mol. The van der Waals surface area contributed by atoms with E-state index in [1.165, 1.54) is 6.07 Å². The Kier molecular flexibility index (Phi) is 5.16. The highest BCUT2D eigenvalue weighted by molar-refractivity contribution is 5.47. The van der Waals surface area contributed by atoms with Gasteiger partial charge in [-0.05, 0) is 58.2 Å². The molecule has 0 radical (unpaired) electrons. The van der Waals surface area contributed by atoms with Crippen LogP contribution in [0.4, 0.5) is 10.1 Å². The zero-order valence-corrected chi connectivity index (χ0v) is 11.9. The number of nitrogens with one attached hydrogen (secondary N) is 1. The van der Waals surface area contributed by atoms with Gasteiger partial charge in [-0.3, -0.25) is 0 Å². The molecule has 2 rings (SSSR count). The normalized spacial score (nSPS) is 21.4. The predicted molar refractivity (Wildman–Crippen MR) is 78.2 cm³/mol. The van der Waals surface area contributed by atoms with E-state index in [9.17, 15) is 4.39 Å². The quantitative estimate of drug-likeness (QED) is 0.897. The van der Waals surface area contributed by atoms with Gasteiger partial charge in [-0.2, -0.15) is 0 Å². The minimum Gasteiger partial charge on any atom is -0.367 e. The molecular formula is C15H24FN3. The predicted octanol–water partition coefficient (Wildman–Crippen LogP) is 1.95. The molecule has 1 aliphatic heterocycles. The highest BCUT2D eigenvalue weighted by atomic mass is 19.1. The number of hydrogen-bond acceptors (Lipinski definition) is 3. The number of anilines is 1. The molecule has 1 heterocycles. The van der Waals surface area contributed by atoms with Crippen molar-refractivity contribution in [2.75, 3.05) is 45.2 Å². The first-order valence-electron chi connectivity index (χ1n) is 7.06. The lowest BCUT2D eigenvalue weighted by molar-refractivity contribution is 0.324. The highest BCUT2D eigenvalue weighted by Crippen LogP contribution is 2.22. The third-order valence-corrected chi connectivity index (χ3v) is 3.77. The second-order valence-corrected chi connectivity index (χ2v) is 5.34. The fourth-order valence-corrected chi connectivity index (χ4v) is 2.80. The van der Waals surface area contributed by atoms with Crippen LogP contribution in [0.25, 0.3) is 0 Å². The van der Waals surface area contributed by atoms with Crippen LogP contribution < -0.4 is 10.2 Å². The van der Waals surface area contributed by atoms with Crippen LogP contribution in [0.5, 0.6) is 0 Å². The Morgan fingerprint density at radius 2 is 2.21 bits per heavy atom. The molecule has 1 saturated heterocycles. The van der Waals surface area contributed by atoms with Crippen molar-refractivity contribution in [1.29, 1.82) is 0 Å². The molecule has 0 amide bonds. The molecule has 0 spiro atoms. The van der Waals surface area contributed by atoms with E-state index in [0.29, 0.717) is 6.04 Å². The van der Waals surface area contributed by atoms with Crippen LogP contribution in [-0.4, -0.2) is 51.2 Å². The van der Waals surface area contributed by atoms with Gasteiger partial charge in [0.05, 0.1) is 0 Å². The summed E-state index contributed by atoms with van der Waals surface area (Å²) >= 11 is 0. The molecule has 106 valence electrons. The van der Waals surface area contributed by atoms with Crippen molar-refractivity contribution in [1.82, 2.24) is 10.2 Å². The van der Waals surface area contributed by atoms with Crippen LogP contribution in [0.2, 0.25) is 0 Å². The van der Waals surface area contributed by atoms with Gasteiger partial charge in [0, 0.05) is 24.8 Å². The van der Waals surface area contributed by atoms with Crippen molar-refractivity contribution < 1.29 is 4.39 Å². The van der Waals surface area contributed by atoms with Crippen LogP contribution in [0.15, 0.2) is 24.3 Å². The van der Waals surface area contributed by atoms with Gasteiger partial charge in [-0.15, -0.1) is 0 Å². The molecule has 3 nitrogen and oxygen atoms in total. The van der Waals surface area contributed by atoms with Crippen LogP contribution in [0.3, 0.4) is 0 Å². The molecule has 1 aromatic carbocycles. The molecule has 1 N–H and O–H groups in total. The summed E-state index contributed by atoms with van der Waals surface area (Å²) in [5.74, 6) is -0.150. The third-order valence-electron chi connectivity index (χ3n) is 3.77. The molecular weight excluding hydrogens is 241 g/mol. The van der Waals surface area contributed by atoms with E-state index in [4.69, 9.17) is 0 Å². The van der Waals surface area contributed by atoms with Crippen LogP contribution in [0, 0.1) is 5.82 Å². The summed E-state index contributed by atoms with van der Waals surface area (Å²) in [5, 5.41) is 3.21. The number of likely N-dealkylation sites (N-methyl/N-ethyl adjacent to an activating group) is 1. The van der Waals surface area contributed by atoms with E-state index in [-0.39, 0.29) is 5.82 Å². The van der Waals surface area contributed by atoms with E-state index in [1.54, 1.807) is 12.1 Å². The van der Waals surface area contributed by atoms with E-state index < -0.39 is 0 Å². The lowest BCUT2D eigenvalue weighted by Crippen LogP contribution is -2.42. The molecule has 1 aliphatic rings. The molecule has 0 bridgehead atoms. The lowest BCUT2D eigenvalue weighted by Gasteiger charge is -2.33. The van der Waals surface area contributed by atoms with Gasteiger partial charge in [0.25, 0.3) is 0 Å². The maximum atomic E-state index is 13.4. The van der Waals surface area contributed by atoms with Crippen molar-refractivity contribution in [2.45, 2.75) is 18.9 Å². The van der Waals surface area contributed by atoms with Crippen molar-refractivity contribution in [3.8, 4) is 0 Å². The molecule has 19 heavy (non-hydrogen) atoms. The number of benzene rings is 1. The Hall–Kier alpha value is -1.13. The Morgan fingerprint density at radius 3 is 2.95 bits per heavy atom. The van der Waals surface area contributed by atoms with Crippen molar-refractivity contribution in [2.24, 2.45) is 0 Å². The van der Waals surface area contributed by atoms with E-state index in [0.717, 1.165) is 44.7 Å². The van der Waals surface area contributed by atoms with Crippen LogP contribution in [-0.2, 0) is 0 Å². The molecule has 1 aromatic rings. The molecule has 0 saturated carbocycles. The Bertz CT molecular complexity index is 397. The summed E-state index contributed by atoms with van der Waals surface area (Å²) in [5.41, 5.74) is 1.01. The molecule has 0 aliphatic carbocycles. The fourth-order valence-electron chi connectivity index (χ4n) is 2.80. The molecule has 1 atom stereocenters. The van der Waals surface area contributed by atoms with Gasteiger partial charge in [0.15, 0.2) is 0 Å². The topological polar surface area (TPSA) is 18.5 Å². The lowest BCUT2D eigenvalue weighted by atomic mass is 10.1. The van der Waals surface area contributed by atoms with Gasteiger partial charge in [0.1, 0.15) is 5.82 Å². The first-order chi connectivity index (χ1) is 9.20. The van der Waals surface area contributed by atoms with Crippen LogP contribution in [0.1, 0.15) is 12.8 Å². The van der Waals surface area contributed by atoms with Crippen molar-refractivity contribution in [3.05, 3.63) is 30.1 Å². The maximum Gasteiger partial charge on any atom is 0.125 e. The average Bonchev–Trinajstić information content (AvgIpc) is 2.58. The van der Waals surface area contributed by atoms with Gasteiger partial charge >= 0.3 is 0 Å². The standard InChI is InChI=1S/C15H24FN3/c1-17-8-7-15-12-18(2)9-4-10-19(15)14-6-3-5-13(16)11-14/h3,5-6,11,15,17H,4,7-10,12H2,1-2H3. The van der Waals surface area contributed by atoms with E-state index in [1.807, 2.05) is 13.1 Å². The number of halogens is 1. The zero-order chi connectivity index (χ0) is 13.7. The van der Waals surface area contributed by atoms with Crippen molar-refractivity contribution >= 4 is 5.69 Å². The summed E-state index contributed by atoms with van der Waals surface area (Å²) in [6.07, 6.45) is 2.21. The van der Waals surface area contributed by atoms with Gasteiger partial charge < -0.3 is 15.1 Å². The fraction of sp³-hybridized carbons (Fsp3) is 0.600. The van der Waals surface area contributed by atoms with E-state index >= 15 is 0 Å².